The molecule has 1 aliphatic heterocycles. The number of nitrogens with one attached hydrogen (secondary N) is 2. The zero-order valence-electron chi connectivity index (χ0n) is 20.3. The standard InChI is InChI=1S/C27H35N3O3S.ClH/c1-33-22-12-13-24-21(15-22)11-14-26-25(24)16-27(30-26)28-17-19-7-9-20(10-8-19)18-29-34(31,32)23-5-3-2-4-6-23;/h2-6,12-13,15,19-20,25-26,29H,7-11,14,16-18H2,1H3,(H,28,30);1H/t19?,20?,25-,26+;/m0./s1. The molecule has 0 amide bonds. The van der Waals surface area contributed by atoms with Gasteiger partial charge in [-0.3, -0.25) is 4.99 Å². The SMILES string of the molecule is COc1ccc2c(c1)CC[C@H]1NC(=NCC3CCC(CNS(=O)(=O)c4ccccc4)CC3)C[C@@H]21.Cl. The lowest BCUT2D eigenvalue weighted by Crippen LogP contribution is -2.32. The molecule has 3 aliphatic rings. The van der Waals surface area contributed by atoms with E-state index in [-0.39, 0.29) is 12.4 Å². The molecule has 6 nitrogen and oxygen atoms in total. The van der Waals surface area contributed by atoms with Crippen molar-refractivity contribution >= 4 is 28.3 Å². The third-order valence-electron chi connectivity index (χ3n) is 7.85. The van der Waals surface area contributed by atoms with Crippen molar-refractivity contribution < 1.29 is 13.2 Å². The molecular formula is C27H36ClN3O3S. The quantitative estimate of drug-likeness (QED) is 0.558. The first-order valence-corrected chi connectivity index (χ1v) is 14.0. The number of halogens is 1. The largest absolute Gasteiger partial charge is 0.497 e. The fourth-order valence-electron chi connectivity index (χ4n) is 5.80. The summed E-state index contributed by atoms with van der Waals surface area (Å²) in [5, 5.41) is 3.71. The Balaban J connectivity index is 0.00000289. The van der Waals surface area contributed by atoms with E-state index in [2.05, 4.69) is 28.2 Å². The van der Waals surface area contributed by atoms with Gasteiger partial charge in [0.05, 0.1) is 17.8 Å². The van der Waals surface area contributed by atoms with Crippen LogP contribution in [0, 0.1) is 11.8 Å². The monoisotopic (exact) mass is 517 g/mol. The van der Waals surface area contributed by atoms with Gasteiger partial charge in [0.2, 0.25) is 10.0 Å². The highest BCUT2D eigenvalue weighted by Crippen LogP contribution is 2.39. The molecule has 1 heterocycles. The van der Waals surface area contributed by atoms with Crippen molar-refractivity contribution in [3.8, 4) is 5.75 Å². The van der Waals surface area contributed by atoms with Crippen molar-refractivity contribution in [1.29, 1.82) is 0 Å². The normalized spacial score (nSPS) is 26.8. The summed E-state index contributed by atoms with van der Waals surface area (Å²) in [7, 11) is -1.69. The number of hydrogen-bond acceptors (Lipinski definition) is 4. The number of methoxy groups -OCH3 is 1. The van der Waals surface area contributed by atoms with Crippen LogP contribution in [0.1, 0.15) is 55.6 Å². The highest BCUT2D eigenvalue weighted by atomic mass is 35.5. The molecule has 2 aromatic carbocycles. The van der Waals surface area contributed by atoms with Crippen LogP contribution in [0.5, 0.6) is 5.75 Å². The number of nitrogens with zero attached hydrogens (tertiary/aromatic N) is 1. The lowest BCUT2D eigenvalue weighted by molar-refractivity contribution is 0.280. The van der Waals surface area contributed by atoms with Crippen LogP contribution >= 0.6 is 12.4 Å². The minimum absolute atomic E-state index is 0. The van der Waals surface area contributed by atoms with Gasteiger partial charge in [-0.05, 0) is 85.8 Å². The van der Waals surface area contributed by atoms with Crippen LogP contribution in [-0.2, 0) is 16.4 Å². The second kappa shape index (κ2) is 11.3. The molecule has 0 unspecified atom stereocenters. The molecule has 190 valence electrons. The van der Waals surface area contributed by atoms with Gasteiger partial charge in [-0.2, -0.15) is 0 Å². The average molecular weight is 518 g/mol. The number of benzene rings is 2. The van der Waals surface area contributed by atoms with Crippen molar-refractivity contribution in [2.24, 2.45) is 16.8 Å². The Bertz CT molecular complexity index is 1130. The van der Waals surface area contributed by atoms with Crippen LogP contribution in [0.2, 0.25) is 0 Å². The summed E-state index contributed by atoms with van der Waals surface area (Å²) in [6, 6.07) is 15.6. The predicted octanol–water partition coefficient (Wildman–Crippen LogP) is 4.69. The van der Waals surface area contributed by atoms with Gasteiger partial charge in [0.25, 0.3) is 0 Å². The van der Waals surface area contributed by atoms with E-state index >= 15 is 0 Å². The van der Waals surface area contributed by atoms with Crippen molar-refractivity contribution in [1.82, 2.24) is 10.0 Å². The lowest BCUT2D eigenvalue weighted by Gasteiger charge is -2.28. The Morgan fingerprint density at radius 2 is 1.77 bits per heavy atom. The van der Waals surface area contributed by atoms with Crippen LogP contribution in [0.3, 0.4) is 0 Å². The van der Waals surface area contributed by atoms with E-state index in [0.717, 1.165) is 63.1 Å². The smallest absolute Gasteiger partial charge is 0.240 e. The van der Waals surface area contributed by atoms with Crippen molar-refractivity contribution in [3.05, 3.63) is 59.7 Å². The van der Waals surface area contributed by atoms with Gasteiger partial charge in [-0.15, -0.1) is 12.4 Å². The van der Waals surface area contributed by atoms with Crippen molar-refractivity contribution in [2.45, 2.75) is 61.8 Å². The highest BCUT2D eigenvalue weighted by Gasteiger charge is 2.36. The first-order valence-electron chi connectivity index (χ1n) is 12.5. The first kappa shape index (κ1) is 26.0. The number of amidine groups is 1. The summed E-state index contributed by atoms with van der Waals surface area (Å²) in [4.78, 5) is 5.34. The maximum atomic E-state index is 12.5. The van der Waals surface area contributed by atoms with E-state index < -0.39 is 10.0 Å². The molecule has 2 fully saturated rings. The number of hydrogen-bond donors (Lipinski definition) is 2. The molecule has 5 rings (SSSR count). The molecule has 2 N–H and O–H groups in total. The molecule has 0 bridgehead atoms. The fourth-order valence-corrected chi connectivity index (χ4v) is 6.94. The molecule has 8 heteroatoms. The number of rotatable bonds is 7. The number of ether oxygens (including phenoxy) is 1. The van der Waals surface area contributed by atoms with Crippen LogP contribution in [0.4, 0.5) is 0 Å². The number of fused-ring (bicyclic) bond motifs is 3. The van der Waals surface area contributed by atoms with E-state index in [9.17, 15) is 8.42 Å². The molecule has 35 heavy (non-hydrogen) atoms. The minimum Gasteiger partial charge on any atom is -0.497 e. The van der Waals surface area contributed by atoms with Crippen molar-refractivity contribution in [3.63, 3.8) is 0 Å². The Morgan fingerprint density at radius 1 is 1.03 bits per heavy atom. The second-order valence-electron chi connectivity index (χ2n) is 10.0. The zero-order chi connectivity index (χ0) is 23.5. The minimum atomic E-state index is -3.42. The predicted molar refractivity (Wildman–Crippen MR) is 142 cm³/mol. The van der Waals surface area contributed by atoms with E-state index in [4.69, 9.17) is 9.73 Å². The van der Waals surface area contributed by atoms with Gasteiger partial charge < -0.3 is 10.1 Å². The van der Waals surface area contributed by atoms with Crippen LogP contribution < -0.4 is 14.8 Å². The van der Waals surface area contributed by atoms with Gasteiger partial charge in [-0.1, -0.05) is 24.3 Å². The summed E-state index contributed by atoms with van der Waals surface area (Å²) in [6.45, 7) is 1.40. The summed E-state index contributed by atoms with van der Waals surface area (Å²) < 4.78 is 33.1. The maximum absolute atomic E-state index is 12.5. The first-order chi connectivity index (χ1) is 16.5. The fraction of sp³-hybridized carbons (Fsp3) is 0.519. The summed E-state index contributed by atoms with van der Waals surface area (Å²) in [6.07, 6.45) is 7.58. The van der Waals surface area contributed by atoms with E-state index in [1.54, 1.807) is 31.4 Å². The van der Waals surface area contributed by atoms with Crippen LogP contribution in [0.15, 0.2) is 58.4 Å². The zero-order valence-corrected chi connectivity index (χ0v) is 21.9. The molecule has 1 saturated carbocycles. The van der Waals surface area contributed by atoms with E-state index in [1.807, 2.05) is 6.07 Å². The van der Waals surface area contributed by atoms with Gasteiger partial charge >= 0.3 is 0 Å². The van der Waals surface area contributed by atoms with E-state index in [0.29, 0.717) is 35.2 Å². The van der Waals surface area contributed by atoms with Crippen LogP contribution in [0.25, 0.3) is 0 Å². The van der Waals surface area contributed by atoms with E-state index in [1.165, 1.54) is 11.1 Å². The Kier molecular flexibility index (Phi) is 8.40. The maximum Gasteiger partial charge on any atom is 0.240 e. The third-order valence-corrected chi connectivity index (χ3v) is 9.29. The molecule has 2 aromatic rings. The molecule has 2 atom stereocenters. The number of sulfonamides is 1. The summed E-state index contributed by atoms with van der Waals surface area (Å²) >= 11 is 0. The molecule has 0 aromatic heterocycles. The second-order valence-corrected chi connectivity index (χ2v) is 11.8. The van der Waals surface area contributed by atoms with Gasteiger partial charge in [0.15, 0.2) is 0 Å². The molecule has 0 spiro atoms. The molecule has 1 saturated heterocycles. The van der Waals surface area contributed by atoms with Gasteiger partial charge in [0, 0.05) is 31.5 Å². The third kappa shape index (κ3) is 6.01. The molecule has 2 aliphatic carbocycles. The van der Waals surface area contributed by atoms with Gasteiger partial charge in [0.1, 0.15) is 5.75 Å². The topological polar surface area (TPSA) is 79.8 Å². The lowest BCUT2D eigenvalue weighted by atomic mass is 9.80. The van der Waals surface area contributed by atoms with Crippen LogP contribution in [-0.4, -0.2) is 40.5 Å². The summed E-state index contributed by atoms with van der Waals surface area (Å²) in [5.41, 5.74) is 2.87. The van der Waals surface area contributed by atoms with Crippen molar-refractivity contribution in [2.75, 3.05) is 20.2 Å². The molecule has 0 radical (unpaired) electrons. The van der Waals surface area contributed by atoms with Gasteiger partial charge in [-0.25, -0.2) is 13.1 Å². The number of aliphatic imine (C=N–C) groups is 1. The average Bonchev–Trinajstić information content (AvgIpc) is 3.31. The highest BCUT2D eigenvalue weighted by molar-refractivity contribution is 7.89. The summed E-state index contributed by atoms with van der Waals surface area (Å²) in [5.74, 6) is 3.62. The molecular weight excluding hydrogens is 482 g/mol. The Hall–Kier alpha value is -2.09. The number of aryl methyl sites for hydroxylation is 1. The Labute approximate surface area is 215 Å². The Morgan fingerprint density at radius 3 is 2.51 bits per heavy atom.